The van der Waals surface area contributed by atoms with Gasteiger partial charge < -0.3 is 4.52 Å². The fraction of sp³-hybridized carbons (Fsp3) is 0.200. The second-order valence-electron chi connectivity index (χ2n) is 5.09. The minimum absolute atomic E-state index is 0.0201. The van der Waals surface area contributed by atoms with Gasteiger partial charge in [0.05, 0.1) is 16.4 Å². The highest BCUT2D eigenvalue weighted by Crippen LogP contribution is 2.40. The molecule has 140 valence electrons. The molecule has 11 heteroatoms. The van der Waals surface area contributed by atoms with Crippen molar-refractivity contribution in [3.8, 4) is 0 Å². The van der Waals surface area contributed by atoms with Crippen LogP contribution in [0.4, 0.5) is 5.69 Å². The Morgan fingerprint density at radius 2 is 1.77 bits per heavy atom. The molecule has 0 aromatic heterocycles. The average Bonchev–Trinajstić information content (AvgIpc) is 2.66. The largest absolute Gasteiger partial charge is 0.333 e. The fourth-order valence-electron chi connectivity index (χ4n) is 2.07. The number of benzene rings is 2. The van der Waals surface area contributed by atoms with Gasteiger partial charge in [0.25, 0.3) is 5.69 Å². The second-order valence-corrected chi connectivity index (χ2v) is 10.7. The van der Waals surface area contributed by atoms with E-state index < -0.39 is 21.4 Å². The lowest BCUT2D eigenvalue weighted by Gasteiger charge is -2.22. The molecule has 0 saturated heterocycles. The number of sulfonamides is 1. The van der Waals surface area contributed by atoms with Crippen LogP contribution in [0.5, 0.6) is 0 Å². The number of nitrogens with zero attached hydrogens (tertiary/aromatic N) is 1. The summed E-state index contributed by atoms with van der Waals surface area (Å²) in [6, 6.07) is 14.0. The number of rotatable bonds is 9. The molecule has 0 heterocycles. The Hall–Kier alpha value is -1.68. The van der Waals surface area contributed by atoms with Crippen molar-refractivity contribution in [3.63, 3.8) is 0 Å². The van der Waals surface area contributed by atoms with Gasteiger partial charge >= 0.3 is 0 Å². The third kappa shape index (κ3) is 5.16. The van der Waals surface area contributed by atoms with E-state index in [-0.39, 0.29) is 23.7 Å². The summed E-state index contributed by atoms with van der Waals surface area (Å²) in [7, 11) is -2.08. The minimum Gasteiger partial charge on any atom is -0.333 e. The fourth-order valence-corrected chi connectivity index (χ4v) is 5.12. The molecule has 2 rings (SSSR count). The highest BCUT2D eigenvalue weighted by Gasteiger charge is 2.19. The molecule has 0 bridgehead atoms. The molecule has 2 aromatic carbocycles. The molecule has 2 aromatic rings. The first-order chi connectivity index (χ1) is 12.3. The molecule has 8 nitrogen and oxygen atoms in total. The smallest absolute Gasteiger partial charge is 0.269 e. The van der Waals surface area contributed by atoms with Gasteiger partial charge in [-0.3, -0.25) is 15.2 Å². The van der Waals surface area contributed by atoms with Gasteiger partial charge in [-0.1, -0.05) is 30.3 Å². The van der Waals surface area contributed by atoms with Crippen molar-refractivity contribution in [2.45, 2.75) is 4.90 Å². The van der Waals surface area contributed by atoms with Crippen molar-refractivity contribution in [3.05, 3.63) is 64.7 Å². The van der Waals surface area contributed by atoms with E-state index in [9.17, 15) is 18.5 Å². The molecule has 0 amide bonds. The van der Waals surface area contributed by atoms with Crippen LogP contribution in [0.15, 0.2) is 59.5 Å². The maximum atomic E-state index is 12.2. The number of nitro benzene ring substituents is 1. The zero-order chi connectivity index (χ0) is 19.2. The lowest BCUT2D eigenvalue weighted by atomic mass is 10.3. The summed E-state index contributed by atoms with van der Waals surface area (Å²) in [6.45, 7) is 0.103. The Morgan fingerprint density at radius 1 is 1.15 bits per heavy atom. The van der Waals surface area contributed by atoms with Crippen LogP contribution in [0, 0.1) is 10.1 Å². The quantitative estimate of drug-likeness (QED) is 0.278. The van der Waals surface area contributed by atoms with E-state index in [0.717, 1.165) is 17.4 Å². The molecule has 26 heavy (non-hydrogen) atoms. The highest BCUT2D eigenvalue weighted by atomic mass is 32.4. The van der Waals surface area contributed by atoms with Crippen LogP contribution >= 0.6 is 6.42 Å². The van der Waals surface area contributed by atoms with Crippen LogP contribution in [0.2, 0.25) is 0 Å². The lowest BCUT2D eigenvalue weighted by molar-refractivity contribution is -0.384. The topological polar surface area (TPSA) is 111 Å². The highest BCUT2D eigenvalue weighted by molar-refractivity contribution is 8.14. The van der Waals surface area contributed by atoms with Gasteiger partial charge in [0.1, 0.15) is 0 Å². The van der Waals surface area contributed by atoms with Gasteiger partial charge in [-0.25, -0.2) is 13.1 Å². The van der Waals surface area contributed by atoms with Crippen LogP contribution in [-0.4, -0.2) is 33.5 Å². The molecule has 1 unspecified atom stereocenters. The van der Waals surface area contributed by atoms with Crippen LogP contribution in [0.25, 0.3) is 0 Å². The van der Waals surface area contributed by atoms with Crippen LogP contribution < -0.4 is 15.1 Å². The predicted octanol–water partition coefficient (Wildman–Crippen LogP) is 1.74. The van der Waals surface area contributed by atoms with Crippen LogP contribution in [-0.2, 0) is 26.4 Å². The first kappa shape index (κ1) is 20.6. The number of hydrogen-bond acceptors (Lipinski definition) is 6. The van der Waals surface area contributed by atoms with Gasteiger partial charge in [-0.15, -0.1) is 0 Å². The van der Waals surface area contributed by atoms with Crippen molar-refractivity contribution < 1.29 is 17.9 Å². The summed E-state index contributed by atoms with van der Waals surface area (Å²) in [4.78, 5) is 9.98. The minimum atomic E-state index is -3.79. The van der Waals surface area contributed by atoms with Crippen molar-refractivity contribution in [1.82, 2.24) is 9.81 Å². The zero-order valence-corrected chi connectivity index (χ0v) is 16.4. The number of hydrogen-bond donors (Lipinski definition) is 2. The maximum absolute atomic E-state index is 12.2. The van der Waals surface area contributed by atoms with E-state index in [1.165, 1.54) is 12.1 Å². The van der Waals surface area contributed by atoms with E-state index in [1.54, 1.807) is 7.05 Å². The maximum Gasteiger partial charge on any atom is 0.269 e. The first-order valence-electron chi connectivity index (χ1n) is 7.52. The monoisotopic (exact) mass is 415 g/mol. The van der Waals surface area contributed by atoms with Gasteiger partial charge in [-0.2, -0.15) is 0 Å². The third-order valence-corrected chi connectivity index (χ3v) is 8.50. The summed E-state index contributed by atoms with van der Waals surface area (Å²) in [6.07, 6.45) is -2.45. The molecule has 0 aliphatic rings. The molecule has 0 spiro atoms. The van der Waals surface area contributed by atoms with Crippen molar-refractivity contribution in [2.75, 3.05) is 20.2 Å². The summed E-state index contributed by atoms with van der Waals surface area (Å²) in [5.41, 5.74) is -0.176. The zero-order valence-electron chi connectivity index (χ0n) is 13.9. The van der Waals surface area contributed by atoms with Crippen molar-refractivity contribution in [1.29, 1.82) is 0 Å². The van der Waals surface area contributed by atoms with E-state index in [0.29, 0.717) is 0 Å². The predicted molar refractivity (Wildman–Crippen MR) is 104 cm³/mol. The van der Waals surface area contributed by atoms with E-state index in [1.807, 2.05) is 30.3 Å². The molecule has 0 aliphatic heterocycles. The molecule has 0 fully saturated rings. The molecule has 2 N–H and O–H groups in total. The SMILES string of the molecule is CNP(=S)(OCCNS(=O)(=O)c1ccc([N+](=O)[O-])cc1)c1ccccc1. The Balaban J connectivity index is 1.96. The van der Waals surface area contributed by atoms with E-state index in [2.05, 4.69) is 9.81 Å². The van der Waals surface area contributed by atoms with E-state index in [4.69, 9.17) is 16.3 Å². The Bertz CT molecular complexity index is 905. The van der Waals surface area contributed by atoms with Crippen LogP contribution in [0.3, 0.4) is 0 Å². The number of nitro groups is 1. The molecule has 0 radical (unpaired) electrons. The van der Waals surface area contributed by atoms with Gasteiger partial charge in [0, 0.05) is 24.0 Å². The Morgan fingerprint density at radius 3 is 2.31 bits per heavy atom. The van der Waals surface area contributed by atoms with Gasteiger partial charge in [0.15, 0.2) is 6.42 Å². The summed E-state index contributed by atoms with van der Waals surface area (Å²) < 4.78 is 32.6. The average molecular weight is 415 g/mol. The lowest BCUT2D eigenvalue weighted by Crippen LogP contribution is -2.28. The van der Waals surface area contributed by atoms with Gasteiger partial charge in [-0.05, 0) is 31.0 Å². The molecule has 1 atom stereocenters. The Kier molecular flexibility index (Phi) is 6.99. The normalized spacial score (nSPS) is 13.9. The number of non-ortho nitro benzene ring substituents is 1. The molecular weight excluding hydrogens is 397 g/mol. The molecule has 0 saturated carbocycles. The van der Waals surface area contributed by atoms with Crippen molar-refractivity contribution >= 4 is 39.2 Å². The standard InChI is InChI=1S/C15H18N3O5PS2/c1-16-24(25,14-5-3-2-4-6-14)23-12-11-17-26(21,22)15-9-7-13(8-10-15)18(19)20/h2-10,17H,11-12H2,1H3,(H,16,25). The van der Waals surface area contributed by atoms with Gasteiger partial charge in [0.2, 0.25) is 10.0 Å². The second kappa shape index (κ2) is 8.81. The molecule has 0 aliphatic carbocycles. The summed E-state index contributed by atoms with van der Waals surface area (Å²) >= 11 is 5.55. The summed E-state index contributed by atoms with van der Waals surface area (Å²) in [5.74, 6) is 0. The Labute approximate surface area is 156 Å². The summed E-state index contributed by atoms with van der Waals surface area (Å²) in [5, 5.41) is 14.5. The van der Waals surface area contributed by atoms with Crippen LogP contribution in [0.1, 0.15) is 0 Å². The van der Waals surface area contributed by atoms with E-state index >= 15 is 0 Å². The third-order valence-electron chi connectivity index (χ3n) is 3.42. The van der Waals surface area contributed by atoms with Crippen molar-refractivity contribution in [2.24, 2.45) is 0 Å². The number of nitrogens with one attached hydrogen (secondary N) is 2. The molecular formula is C15H18N3O5PS2. The first-order valence-corrected chi connectivity index (χ1v) is 11.7.